The summed E-state index contributed by atoms with van der Waals surface area (Å²) in [4.78, 5) is 14.2. The predicted octanol–water partition coefficient (Wildman–Crippen LogP) is 3.90. The van der Waals surface area contributed by atoms with Crippen LogP contribution in [0, 0.1) is 5.82 Å². The fourth-order valence-corrected chi connectivity index (χ4v) is 5.23. The second-order valence-electron chi connectivity index (χ2n) is 7.09. The van der Waals surface area contributed by atoms with E-state index in [4.69, 9.17) is 4.74 Å². The smallest absolute Gasteiger partial charge is 0.310 e. The van der Waals surface area contributed by atoms with E-state index in [0.29, 0.717) is 17.8 Å². The molecule has 0 radical (unpaired) electrons. The molecule has 0 aliphatic carbocycles. The molecule has 1 N–H and O–H groups in total. The van der Waals surface area contributed by atoms with Gasteiger partial charge in [0.05, 0.1) is 12.1 Å². The molecule has 2 aliphatic rings. The van der Waals surface area contributed by atoms with Crippen molar-refractivity contribution in [3.63, 3.8) is 0 Å². The molecule has 27 heavy (non-hydrogen) atoms. The van der Waals surface area contributed by atoms with Crippen molar-refractivity contribution in [2.45, 2.75) is 38.0 Å². The molecule has 0 amide bonds. The van der Waals surface area contributed by atoms with Gasteiger partial charge in [-0.1, -0.05) is 30.3 Å². The minimum absolute atomic E-state index is 0.0549. The largest absolute Gasteiger partial charge is 0.508 e. The molecule has 2 atom stereocenters. The summed E-state index contributed by atoms with van der Waals surface area (Å²) in [5.74, 6) is 1.05. The van der Waals surface area contributed by atoms with Gasteiger partial charge >= 0.3 is 5.97 Å². The maximum Gasteiger partial charge on any atom is 0.310 e. The molecule has 2 bridgehead atoms. The lowest BCUT2D eigenvalue weighted by atomic mass is 10.1. The van der Waals surface area contributed by atoms with E-state index in [1.54, 1.807) is 0 Å². The Morgan fingerprint density at radius 2 is 1.89 bits per heavy atom. The number of aromatic hydroxyl groups is 1. The molecule has 6 heteroatoms. The van der Waals surface area contributed by atoms with Gasteiger partial charge in [0.25, 0.3) is 0 Å². The van der Waals surface area contributed by atoms with E-state index in [1.165, 1.54) is 12.1 Å². The molecule has 2 aromatic rings. The molecule has 0 aromatic heterocycles. The molecule has 4 nitrogen and oxygen atoms in total. The van der Waals surface area contributed by atoms with E-state index in [-0.39, 0.29) is 30.2 Å². The maximum absolute atomic E-state index is 14.8. The van der Waals surface area contributed by atoms with E-state index in [9.17, 15) is 14.3 Å². The topological polar surface area (TPSA) is 49.8 Å². The standard InChI is InChI=1S/C21H22FNO3S/c22-18-8-15(9-21(25)26-11-14-4-2-1-3-5-14)20(24)10-19(18)23-16-6-7-17(23)13-27-12-16/h1-5,8,10,16-17,24H,6-7,9,11-13H2. The number of phenolic OH excluding ortho intramolecular Hbond substituents is 1. The fourth-order valence-electron chi connectivity index (χ4n) is 3.90. The lowest BCUT2D eigenvalue weighted by molar-refractivity contribution is -0.144. The summed E-state index contributed by atoms with van der Waals surface area (Å²) >= 11 is 1.91. The first kappa shape index (κ1) is 18.2. The van der Waals surface area contributed by atoms with Crippen LogP contribution in [0.2, 0.25) is 0 Å². The molecular formula is C21H22FNO3S. The molecule has 2 aromatic carbocycles. The summed E-state index contributed by atoms with van der Waals surface area (Å²) in [6.45, 7) is 0.163. The van der Waals surface area contributed by atoms with Crippen LogP contribution in [-0.4, -0.2) is 34.7 Å². The second kappa shape index (κ2) is 7.80. The van der Waals surface area contributed by atoms with Crippen molar-refractivity contribution in [1.82, 2.24) is 0 Å². The number of anilines is 1. The molecular weight excluding hydrogens is 365 g/mol. The predicted molar refractivity (Wildman–Crippen MR) is 105 cm³/mol. The summed E-state index contributed by atoms with van der Waals surface area (Å²) in [6.07, 6.45) is 1.97. The Morgan fingerprint density at radius 3 is 2.59 bits per heavy atom. The van der Waals surface area contributed by atoms with Crippen LogP contribution in [0.25, 0.3) is 0 Å². The number of carbonyl (C=O) groups excluding carboxylic acids is 1. The molecule has 2 heterocycles. The summed E-state index contributed by atoms with van der Waals surface area (Å²) in [7, 11) is 0. The van der Waals surface area contributed by atoms with E-state index < -0.39 is 5.97 Å². The highest BCUT2D eigenvalue weighted by molar-refractivity contribution is 7.99. The Labute approximate surface area is 162 Å². The molecule has 0 spiro atoms. The van der Waals surface area contributed by atoms with Gasteiger partial charge in [0, 0.05) is 35.2 Å². The average Bonchev–Trinajstić information content (AvgIpc) is 2.91. The van der Waals surface area contributed by atoms with Gasteiger partial charge in [-0.3, -0.25) is 4.79 Å². The molecule has 2 unspecified atom stereocenters. The number of fused-ring (bicyclic) bond motifs is 2. The summed E-state index contributed by atoms with van der Waals surface area (Å²) in [5, 5.41) is 10.4. The highest BCUT2D eigenvalue weighted by Crippen LogP contribution is 2.40. The monoisotopic (exact) mass is 387 g/mol. The number of hydrogen-bond donors (Lipinski definition) is 1. The Morgan fingerprint density at radius 1 is 1.19 bits per heavy atom. The van der Waals surface area contributed by atoms with E-state index in [1.807, 2.05) is 42.1 Å². The van der Waals surface area contributed by atoms with Crippen molar-refractivity contribution in [1.29, 1.82) is 0 Å². The molecule has 4 rings (SSSR count). The van der Waals surface area contributed by atoms with Crippen LogP contribution in [0.3, 0.4) is 0 Å². The van der Waals surface area contributed by atoms with Crippen LogP contribution < -0.4 is 4.90 Å². The SMILES string of the molecule is O=C(Cc1cc(F)c(N2C3CCC2CSC3)cc1O)OCc1ccccc1. The van der Waals surface area contributed by atoms with Crippen LogP contribution in [0.5, 0.6) is 5.75 Å². The van der Waals surface area contributed by atoms with Crippen molar-refractivity contribution in [2.24, 2.45) is 0 Å². The molecule has 142 valence electrons. The Kier molecular flexibility index (Phi) is 5.25. The number of carbonyl (C=O) groups is 1. The van der Waals surface area contributed by atoms with Gasteiger partial charge in [-0.05, 0) is 24.5 Å². The number of hydrogen-bond acceptors (Lipinski definition) is 5. The zero-order valence-electron chi connectivity index (χ0n) is 14.9. The van der Waals surface area contributed by atoms with Gasteiger partial charge in [-0.15, -0.1) is 0 Å². The highest BCUT2D eigenvalue weighted by atomic mass is 32.2. The molecule has 2 fully saturated rings. The van der Waals surface area contributed by atoms with Crippen molar-refractivity contribution in [3.8, 4) is 5.75 Å². The Hall–Kier alpha value is -2.21. The highest BCUT2D eigenvalue weighted by Gasteiger charge is 2.38. The van der Waals surface area contributed by atoms with Crippen molar-refractivity contribution < 1.29 is 19.0 Å². The number of nitrogens with zero attached hydrogens (tertiary/aromatic N) is 1. The second-order valence-corrected chi connectivity index (χ2v) is 8.16. The van der Waals surface area contributed by atoms with Gasteiger partial charge in [-0.25, -0.2) is 4.39 Å². The third-order valence-corrected chi connectivity index (χ3v) is 6.49. The van der Waals surface area contributed by atoms with Gasteiger partial charge in [-0.2, -0.15) is 11.8 Å². The van der Waals surface area contributed by atoms with Gasteiger partial charge in [0.2, 0.25) is 0 Å². The number of thioether (sulfide) groups is 1. The van der Waals surface area contributed by atoms with Crippen LogP contribution >= 0.6 is 11.8 Å². The Bertz CT molecular complexity index is 814. The molecule has 2 saturated heterocycles. The minimum Gasteiger partial charge on any atom is -0.508 e. The van der Waals surface area contributed by atoms with E-state index in [0.717, 1.165) is 29.9 Å². The lowest BCUT2D eigenvalue weighted by Gasteiger charge is -2.36. The number of esters is 1. The Balaban J connectivity index is 1.45. The minimum atomic E-state index is -0.490. The first-order chi connectivity index (χ1) is 13.1. The number of rotatable bonds is 5. The van der Waals surface area contributed by atoms with Crippen molar-refractivity contribution >= 4 is 23.4 Å². The quantitative estimate of drug-likeness (QED) is 0.789. The third-order valence-electron chi connectivity index (χ3n) is 5.24. The molecule has 2 aliphatic heterocycles. The summed E-state index contributed by atoms with van der Waals surface area (Å²) in [5.41, 5.74) is 1.59. The zero-order valence-corrected chi connectivity index (χ0v) is 15.8. The van der Waals surface area contributed by atoms with Gasteiger partial charge < -0.3 is 14.7 Å². The van der Waals surface area contributed by atoms with Gasteiger partial charge in [0.1, 0.15) is 18.2 Å². The lowest BCUT2D eigenvalue weighted by Crippen LogP contribution is -2.43. The van der Waals surface area contributed by atoms with Crippen molar-refractivity contribution in [2.75, 3.05) is 16.4 Å². The maximum atomic E-state index is 14.8. The molecule has 0 saturated carbocycles. The first-order valence-corrected chi connectivity index (χ1v) is 10.3. The zero-order chi connectivity index (χ0) is 18.8. The normalized spacial score (nSPS) is 21.3. The van der Waals surface area contributed by atoms with Crippen molar-refractivity contribution in [3.05, 3.63) is 59.4 Å². The third kappa shape index (κ3) is 3.90. The number of benzene rings is 2. The van der Waals surface area contributed by atoms with Crippen LogP contribution in [0.15, 0.2) is 42.5 Å². The average molecular weight is 387 g/mol. The summed E-state index contributed by atoms with van der Waals surface area (Å²) in [6, 6.07) is 12.8. The first-order valence-electron chi connectivity index (χ1n) is 9.19. The number of phenols is 1. The number of ether oxygens (including phenoxy) is 1. The fraction of sp³-hybridized carbons (Fsp3) is 0.381. The van der Waals surface area contributed by atoms with Crippen LogP contribution in [0.1, 0.15) is 24.0 Å². The van der Waals surface area contributed by atoms with E-state index >= 15 is 0 Å². The van der Waals surface area contributed by atoms with Crippen LogP contribution in [0.4, 0.5) is 10.1 Å². The van der Waals surface area contributed by atoms with Gasteiger partial charge in [0.15, 0.2) is 0 Å². The number of halogens is 1. The summed E-state index contributed by atoms with van der Waals surface area (Å²) < 4.78 is 20.0. The van der Waals surface area contributed by atoms with E-state index in [2.05, 4.69) is 4.90 Å². The van der Waals surface area contributed by atoms with Crippen LogP contribution in [-0.2, 0) is 22.6 Å².